The Labute approximate surface area is 123 Å². The lowest BCUT2D eigenvalue weighted by Crippen LogP contribution is -2.08. The third kappa shape index (κ3) is 3.47. The molecule has 2 atom stereocenters. The van der Waals surface area contributed by atoms with Crippen LogP contribution in [0.3, 0.4) is 0 Å². The largest absolute Gasteiger partial charge is 0.493 e. The Morgan fingerprint density at radius 3 is 2.58 bits per heavy atom. The monoisotopic (exact) mass is 304 g/mol. The molecule has 2 unspecified atom stereocenters. The first kappa shape index (κ1) is 14.8. The molecule has 1 aliphatic rings. The standard InChI is InChI=1S/C14H18Cl2O3/c1-17-13-7-10(12(16)8-14(13)18-2)11(15)6-9-4-3-5-19-9/h7-9,11H,3-6H2,1-2H3. The van der Waals surface area contributed by atoms with E-state index in [1.165, 1.54) is 0 Å². The summed E-state index contributed by atoms with van der Waals surface area (Å²) in [5.41, 5.74) is 0.858. The maximum Gasteiger partial charge on any atom is 0.162 e. The van der Waals surface area contributed by atoms with Gasteiger partial charge in [0.2, 0.25) is 0 Å². The Kier molecular flexibility index (Phi) is 5.20. The first-order valence-electron chi connectivity index (χ1n) is 6.32. The van der Waals surface area contributed by atoms with E-state index in [4.69, 9.17) is 37.4 Å². The van der Waals surface area contributed by atoms with Crippen LogP contribution in [0.25, 0.3) is 0 Å². The Balaban J connectivity index is 2.17. The molecule has 1 aromatic rings. The molecule has 1 heterocycles. The second kappa shape index (κ2) is 6.69. The van der Waals surface area contributed by atoms with E-state index in [-0.39, 0.29) is 11.5 Å². The van der Waals surface area contributed by atoms with E-state index >= 15 is 0 Å². The summed E-state index contributed by atoms with van der Waals surface area (Å²) in [5, 5.41) is 0.408. The van der Waals surface area contributed by atoms with E-state index in [0.717, 1.165) is 31.4 Å². The van der Waals surface area contributed by atoms with Gasteiger partial charge in [0.1, 0.15) is 0 Å². The average molecular weight is 305 g/mol. The number of hydrogen-bond acceptors (Lipinski definition) is 3. The van der Waals surface area contributed by atoms with Crippen molar-refractivity contribution in [1.29, 1.82) is 0 Å². The summed E-state index contributed by atoms with van der Waals surface area (Å²) in [6.07, 6.45) is 3.16. The molecular formula is C14H18Cl2O3. The van der Waals surface area contributed by atoms with Gasteiger partial charge in [-0.25, -0.2) is 0 Å². The second-order valence-electron chi connectivity index (χ2n) is 4.57. The Hall–Kier alpha value is -0.640. The number of alkyl halides is 1. The predicted molar refractivity (Wildman–Crippen MR) is 76.7 cm³/mol. The first-order chi connectivity index (χ1) is 9.15. The third-order valence-corrected chi connectivity index (χ3v) is 4.07. The van der Waals surface area contributed by atoms with Gasteiger partial charge in [-0.15, -0.1) is 11.6 Å². The summed E-state index contributed by atoms with van der Waals surface area (Å²) < 4.78 is 16.1. The second-order valence-corrected chi connectivity index (χ2v) is 5.50. The number of halogens is 2. The lowest BCUT2D eigenvalue weighted by molar-refractivity contribution is 0.103. The summed E-state index contributed by atoms with van der Waals surface area (Å²) in [6, 6.07) is 3.58. The van der Waals surface area contributed by atoms with Crippen molar-refractivity contribution in [1.82, 2.24) is 0 Å². The summed E-state index contributed by atoms with van der Waals surface area (Å²) in [5.74, 6) is 1.25. The van der Waals surface area contributed by atoms with Crippen LogP contribution in [0.15, 0.2) is 12.1 Å². The quantitative estimate of drug-likeness (QED) is 0.763. The Morgan fingerprint density at radius 2 is 2.00 bits per heavy atom. The zero-order valence-electron chi connectivity index (χ0n) is 11.1. The topological polar surface area (TPSA) is 27.7 Å². The molecule has 0 N–H and O–H groups in total. The van der Waals surface area contributed by atoms with E-state index in [1.54, 1.807) is 20.3 Å². The summed E-state index contributed by atoms with van der Waals surface area (Å²) in [4.78, 5) is 0. The zero-order valence-corrected chi connectivity index (χ0v) is 12.6. The van der Waals surface area contributed by atoms with Crippen LogP contribution in [0.5, 0.6) is 11.5 Å². The van der Waals surface area contributed by atoms with Crippen molar-refractivity contribution in [2.45, 2.75) is 30.7 Å². The van der Waals surface area contributed by atoms with Gasteiger partial charge in [-0.2, -0.15) is 0 Å². The third-order valence-electron chi connectivity index (χ3n) is 3.33. The van der Waals surface area contributed by atoms with E-state index in [9.17, 15) is 0 Å². The molecule has 0 amide bonds. The molecule has 1 fully saturated rings. The smallest absolute Gasteiger partial charge is 0.162 e. The normalized spacial score (nSPS) is 20.3. The summed E-state index contributed by atoms with van der Waals surface area (Å²) >= 11 is 12.7. The molecule has 0 aromatic heterocycles. The fourth-order valence-corrected chi connectivity index (χ4v) is 3.02. The molecule has 0 saturated carbocycles. The van der Waals surface area contributed by atoms with Crippen molar-refractivity contribution < 1.29 is 14.2 Å². The highest BCUT2D eigenvalue weighted by molar-refractivity contribution is 6.33. The highest BCUT2D eigenvalue weighted by Crippen LogP contribution is 2.40. The number of ether oxygens (including phenoxy) is 3. The van der Waals surface area contributed by atoms with Gasteiger partial charge < -0.3 is 14.2 Å². The molecule has 1 aliphatic heterocycles. The molecule has 0 bridgehead atoms. The maximum absolute atomic E-state index is 6.46. The minimum atomic E-state index is -0.185. The first-order valence-corrected chi connectivity index (χ1v) is 7.14. The SMILES string of the molecule is COc1cc(Cl)c(C(Cl)CC2CCCO2)cc1OC. The van der Waals surface area contributed by atoms with Crippen molar-refractivity contribution >= 4 is 23.2 Å². The minimum Gasteiger partial charge on any atom is -0.493 e. The molecule has 1 saturated heterocycles. The van der Waals surface area contributed by atoms with E-state index in [1.807, 2.05) is 6.07 Å². The lowest BCUT2D eigenvalue weighted by Gasteiger charge is -2.18. The van der Waals surface area contributed by atoms with Crippen LogP contribution in [-0.4, -0.2) is 26.9 Å². The molecule has 0 aliphatic carbocycles. The van der Waals surface area contributed by atoms with Crippen LogP contribution in [0, 0.1) is 0 Å². The molecule has 5 heteroatoms. The van der Waals surface area contributed by atoms with Gasteiger partial charge in [-0.1, -0.05) is 11.6 Å². The van der Waals surface area contributed by atoms with Crippen LogP contribution < -0.4 is 9.47 Å². The van der Waals surface area contributed by atoms with Crippen molar-refractivity contribution in [3.8, 4) is 11.5 Å². The maximum atomic E-state index is 6.46. The van der Waals surface area contributed by atoms with E-state index in [2.05, 4.69) is 0 Å². The fourth-order valence-electron chi connectivity index (χ4n) is 2.30. The van der Waals surface area contributed by atoms with Gasteiger partial charge in [0, 0.05) is 17.7 Å². The van der Waals surface area contributed by atoms with E-state index < -0.39 is 0 Å². The minimum absolute atomic E-state index is 0.185. The highest BCUT2D eigenvalue weighted by Gasteiger charge is 2.23. The molecular weight excluding hydrogens is 287 g/mol. The van der Waals surface area contributed by atoms with Gasteiger partial charge in [-0.3, -0.25) is 0 Å². The van der Waals surface area contributed by atoms with Gasteiger partial charge in [-0.05, 0) is 30.9 Å². The van der Waals surface area contributed by atoms with Crippen LogP contribution in [0.2, 0.25) is 5.02 Å². The van der Waals surface area contributed by atoms with Gasteiger partial charge >= 0.3 is 0 Å². The molecule has 0 radical (unpaired) electrons. The van der Waals surface area contributed by atoms with Crippen molar-refractivity contribution in [2.24, 2.45) is 0 Å². The van der Waals surface area contributed by atoms with Gasteiger partial charge in [0.05, 0.1) is 25.7 Å². The van der Waals surface area contributed by atoms with Crippen molar-refractivity contribution in [3.05, 3.63) is 22.7 Å². The molecule has 106 valence electrons. The Bertz CT molecular complexity index is 431. The van der Waals surface area contributed by atoms with Crippen molar-refractivity contribution in [3.63, 3.8) is 0 Å². The predicted octanol–water partition coefficient (Wildman–Crippen LogP) is 4.21. The molecule has 0 spiro atoms. The number of methoxy groups -OCH3 is 2. The van der Waals surface area contributed by atoms with Crippen LogP contribution >= 0.6 is 23.2 Å². The van der Waals surface area contributed by atoms with Crippen LogP contribution in [-0.2, 0) is 4.74 Å². The molecule has 1 aromatic carbocycles. The summed E-state index contributed by atoms with van der Waals surface area (Å²) in [7, 11) is 3.18. The molecule has 2 rings (SSSR count). The number of hydrogen-bond donors (Lipinski definition) is 0. The van der Waals surface area contributed by atoms with Crippen LogP contribution in [0.1, 0.15) is 30.2 Å². The van der Waals surface area contributed by atoms with Crippen LogP contribution in [0.4, 0.5) is 0 Å². The Morgan fingerprint density at radius 1 is 1.32 bits per heavy atom. The average Bonchev–Trinajstić information content (AvgIpc) is 2.90. The lowest BCUT2D eigenvalue weighted by atomic mass is 10.0. The molecule has 3 nitrogen and oxygen atoms in total. The van der Waals surface area contributed by atoms with E-state index in [0.29, 0.717) is 16.5 Å². The fraction of sp³-hybridized carbons (Fsp3) is 0.571. The van der Waals surface area contributed by atoms with Gasteiger partial charge in [0.25, 0.3) is 0 Å². The number of rotatable bonds is 5. The number of benzene rings is 1. The zero-order chi connectivity index (χ0) is 13.8. The van der Waals surface area contributed by atoms with Crippen molar-refractivity contribution in [2.75, 3.05) is 20.8 Å². The molecule has 19 heavy (non-hydrogen) atoms. The highest BCUT2D eigenvalue weighted by atomic mass is 35.5. The van der Waals surface area contributed by atoms with Gasteiger partial charge in [0.15, 0.2) is 11.5 Å². The summed E-state index contributed by atoms with van der Waals surface area (Å²) in [6.45, 7) is 0.827.